The summed E-state index contributed by atoms with van der Waals surface area (Å²) in [5.41, 5.74) is -0.904. The number of anilines is 1. The third-order valence-corrected chi connectivity index (χ3v) is 2.62. The molecule has 0 saturated carbocycles. The van der Waals surface area contributed by atoms with Crippen molar-refractivity contribution >= 4 is 23.2 Å². The van der Waals surface area contributed by atoms with Gasteiger partial charge in [0.05, 0.1) is 12.5 Å². The monoisotopic (exact) mass is 222 g/mol. The summed E-state index contributed by atoms with van der Waals surface area (Å²) in [4.78, 5) is 11.5. The molecule has 1 aliphatic rings. The molecule has 2 N–H and O–H groups in total. The predicted octanol–water partition coefficient (Wildman–Crippen LogP) is 1.39. The molecule has 0 spiro atoms. The summed E-state index contributed by atoms with van der Waals surface area (Å²) >= 11 is 5.77. The molecule has 0 fully saturated rings. The molecule has 15 heavy (non-hydrogen) atoms. The van der Waals surface area contributed by atoms with Crippen molar-refractivity contribution in [2.24, 2.45) is 0 Å². The van der Waals surface area contributed by atoms with E-state index >= 15 is 0 Å². The molecular weight excluding hydrogens is 216 g/mol. The maximum absolute atomic E-state index is 11.5. The first kappa shape index (κ1) is 9.97. The molecule has 0 saturated heterocycles. The van der Waals surface area contributed by atoms with Crippen molar-refractivity contribution in [1.82, 2.24) is 0 Å². The molecule has 4 nitrogen and oxygen atoms in total. The number of rotatable bonds is 1. The van der Waals surface area contributed by atoms with Crippen molar-refractivity contribution in [3.63, 3.8) is 0 Å². The second-order valence-corrected chi connectivity index (χ2v) is 3.78. The average molecular weight is 223 g/mol. The first-order valence-corrected chi connectivity index (χ1v) is 4.66. The van der Waals surface area contributed by atoms with Crippen LogP contribution in [-0.4, -0.2) is 11.0 Å². The summed E-state index contributed by atoms with van der Waals surface area (Å²) in [6, 6.07) is 6.49. The van der Waals surface area contributed by atoms with Gasteiger partial charge in [-0.25, -0.2) is 0 Å². The SMILES string of the molecule is N#CC[C@@]1(O)C(=O)Nc2ccc(Cl)cc21. The molecule has 0 radical (unpaired) electrons. The van der Waals surface area contributed by atoms with Crippen LogP contribution in [0.3, 0.4) is 0 Å². The predicted molar refractivity (Wildman–Crippen MR) is 54.2 cm³/mol. The molecule has 2 rings (SSSR count). The van der Waals surface area contributed by atoms with Gasteiger partial charge in [-0.2, -0.15) is 5.26 Å². The van der Waals surface area contributed by atoms with E-state index in [1.807, 2.05) is 0 Å². The molecule has 0 bridgehead atoms. The largest absolute Gasteiger partial charge is 0.374 e. The highest BCUT2D eigenvalue weighted by molar-refractivity contribution is 6.31. The van der Waals surface area contributed by atoms with E-state index in [1.54, 1.807) is 18.2 Å². The summed E-state index contributed by atoms with van der Waals surface area (Å²) in [6.45, 7) is 0. The third-order valence-electron chi connectivity index (χ3n) is 2.39. The third kappa shape index (κ3) is 1.37. The van der Waals surface area contributed by atoms with Gasteiger partial charge in [-0.3, -0.25) is 4.79 Å². The van der Waals surface area contributed by atoms with Gasteiger partial charge in [-0.05, 0) is 18.2 Å². The minimum absolute atomic E-state index is 0.286. The molecule has 1 aliphatic heterocycles. The first-order chi connectivity index (χ1) is 7.08. The normalized spacial score (nSPS) is 23.1. The smallest absolute Gasteiger partial charge is 0.262 e. The number of amides is 1. The summed E-state index contributed by atoms with van der Waals surface area (Å²) in [7, 11) is 0. The molecular formula is C10H7ClN2O2. The maximum Gasteiger partial charge on any atom is 0.262 e. The topological polar surface area (TPSA) is 73.1 Å². The second kappa shape index (κ2) is 3.23. The van der Waals surface area contributed by atoms with Crippen LogP contribution >= 0.6 is 11.6 Å². The Balaban J connectivity index is 2.58. The van der Waals surface area contributed by atoms with Crippen LogP contribution < -0.4 is 5.32 Å². The molecule has 1 amide bonds. The molecule has 1 atom stereocenters. The van der Waals surface area contributed by atoms with Crippen LogP contribution in [0.1, 0.15) is 12.0 Å². The van der Waals surface area contributed by atoms with Gasteiger partial charge in [0.15, 0.2) is 5.60 Å². The van der Waals surface area contributed by atoms with Crippen LogP contribution in [-0.2, 0) is 10.4 Å². The number of nitrogens with one attached hydrogen (secondary N) is 1. The summed E-state index contributed by atoms with van der Waals surface area (Å²) in [5.74, 6) is -0.582. The standard InChI is InChI=1S/C10H7ClN2O2/c11-6-1-2-8-7(5-6)10(15,3-4-12)9(14)13-8/h1-2,5,15H,3H2,(H,13,14)/t10-/m0/s1. The van der Waals surface area contributed by atoms with E-state index < -0.39 is 11.5 Å². The van der Waals surface area contributed by atoms with E-state index in [1.165, 1.54) is 6.07 Å². The Kier molecular flexibility index (Phi) is 2.14. The number of benzene rings is 1. The van der Waals surface area contributed by atoms with Crippen LogP contribution in [0, 0.1) is 11.3 Å². The minimum Gasteiger partial charge on any atom is -0.374 e. The van der Waals surface area contributed by atoms with Gasteiger partial charge < -0.3 is 10.4 Å². The molecule has 0 aliphatic carbocycles. The molecule has 1 aromatic carbocycles. The Bertz CT molecular complexity index is 481. The Morgan fingerprint density at radius 1 is 1.60 bits per heavy atom. The lowest BCUT2D eigenvalue weighted by atomic mass is 9.92. The number of hydrogen-bond donors (Lipinski definition) is 2. The summed E-state index contributed by atoms with van der Waals surface area (Å²) < 4.78 is 0. The van der Waals surface area contributed by atoms with Crippen molar-refractivity contribution < 1.29 is 9.90 Å². The van der Waals surface area contributed by atoms with Gasteiger partial charge in [-0.15, -0.1) is 0 Å². The lowest BCUT2D eigenvalue weighted by molar-refractivity contribution is -0.133. The van der Waals surface area contributed by atoms with E-state index in [2.05, 4.69) is 5.32 Å². The van der Waals surface area contributed by atoms with Crippen molar-refractivity contribution in [2.75, 3.05) is 5.32 Å². The zero-order valence-corrected chi connectivity index (χ0v) is 8.38. The van der Waals surface area contributed by atoms with Gasteiger partial charge >= 0.3 is 0 Å². The lowest BCUT2D eigenvalue weighted by Gasteiger charge is -2.16. The molecule has 0 aromatic heterocycles. The highest BCUT2D eigenvalue weighted by Crippen LogP contribution is 2.39. The first-order valence-electron chi connectivity index (χ1n) is 4.29. The highest BCUT2D eigenvalue weighted by atomic mass is 35.5. The number of fused-ring (bicyclic) bond motifs is 1. The van der Waals surface area contributed by atoms with E-state index in [4.69, 9.17) is 16.9 Å². The highest BCUT2D eigenvalue weighted by Gasteiger charge is 2.45. The van der Waals surface area contributed by atoms with Gasteiger partial charge in [0, 0.05) is 16.3 Å². The van der Waals surface area contributed by atoms with E-state index in [0.29, 0.717) is 16.3 Å². The zero-order chi connectivity index (χ0) is 11.1. The number of carbonyl (C=O) groups is 1. The van der Waals surface area contributed by atoms with Crippen LogP contribution in [0.5, 0.6) is 0 Å². The van der Waals surface area contributed by atoms with Gasteiger partial charge in [-0.1, -0.05) is 11.6 Å². The van der Waals surface area contributed by atoms with Crippen molar-refractivity contribution in [3.05, 3.63) is 28.8 Å². The van der Waals surface area contributed by atoms with Crippen molar-refractivity contribution in [3.8, 4) is 6.07 Å². The average Bonchev–Trinajstić information content (AvgIpc) is 2.42. The van der Waals surface area contributed by atoms with Crippen molar-refractivity contribution in [2.45, 2.75) is 12.0 Å². The Morgan fingerprint density at radius 3 is 3.00 bits per heavy atom. The molecule has 0 unspecified atom stereocenters. The number of aliphatic hydroxyl groups is 1. The number of hydrogen-bond acceptors (Lipinski definition) is 3. The van der Waals surface area contributed by atoms with Crippen LogP contribution in [0.2, 0.25) is 5.02 Å². The number of nitriles is 1. The van der Waals surface area contributed by atoms with Crippen molar-refractivity contribution in [1.29, 1.82) is 5.26 Å². The molecule has 1 heterocycles. The number of nitrogens with zero attached hydrogens (tertiary/aromatic N) is 1. The van der Waals surface area contributed by atoms with Crippen LogP contribution in [0.15, 0.2) is 18.2 Å². The Labute approximate surface area is 91.1 Å². The summed E-state index contributed by atoms with van der Waals surface area (Å²) in [6.07, 6.45) is -0.286. The number of halogens is 1. The fraction of sp³-hybridized carbons (Fsp3) is 0.200. The minimum atomic E-state index is -1.77. The molecule has 1 aromatic rings. The lowest BCUT2D eigenvalue weighted by Crippen LogP contribution is -2.33. The maximum atomic E-state index is 11.5. The van der Waals surface area contributed by atoms with Gasteiger partial charge in [0.1, 0.15) is 0 Å². The van der Waals surface area contributed by atoms with E-state index in [0.717, 1.165) is 0 Å². The summed E-state index contributed by atoms with van der Waals surface area (Å²) in [5, 5.41) is 21.5. The fourth-order valence-electron chi connectivity index (χ4n) is 1.61. The van der Waals surface area contributed by atoms with E-state index in [-0.39, 0.29) is 6.42 Å². The zero-order valence-electron chi connectivity index (χ0n) is 7.62. The quantitative estimate of drug-likeness (QED) is 0.754. The van der Waals surface area contributed by atoms with E-state index in [9.17, 15) is 9.90 Å². The Morgan fingerprint density at radius 2 is 2.33 bits per heavy atom. The molecule has 5 heteroatoms. The number of carbonyl (C=O) groups excluding carboxylic acids is 1. The van der Waals surface area contributed by atoms with Gasteiger partial charge in [0.2, 0.25) is 0 Å². The molecule has 76 valence electrons. The van der Waals surface area contributed by atoms with Gasteiger partial charge in [0.25, 0.3) is 5.91 Å². The van der Waals surface area contributed by atoms with Crippen LogP contribution in [0.4, 0.5) is 5.69 Å². The van der Waals surface area contributed by atoms with Crippen LogP contribution in [0.25, 0.3) is 0 Å². The second-order valence-electron chi connectivity index (χ2n) is 3.34. The fourth-order valence-corrected chi connectivity index (χ4v) is 1.78. The Hall–Kier alpha value is -1.57.